The van der Waals surface area contributed by atoms with Gasteiger partial charge in [-0.1, -0.05) is 15.9 Å². The molecule has 0 atom stereocenters. The van der Waals surface area contributed by atoms with E-state index in [4.69, 9.17) is 26.4 Å². The Morgan fingerprint density at radius 3 is 2.41 bits per heavy atom. The first-order valence-electron chi connectivity index (χ1n) is 9.59. The summed E-state index contributed by atoms with van der Waals surface area (Å²) in [6, 6.07) is 10.3. The van der Waals surface area contributed by atoms with E-state index in [1.54, 1.807) is 24.3 Å². The fourth-order valence-electron chi connectivity index (χ4n) is 2.44. The van der Waals surface area contributed by atoms with Gasteiger partial charge in [0.2, 0.25) is 0 Å². The standard InChI is InChI=1S/C21H23Br2N3O5S/c1-3-29-8-9-30-16-6-4-14(5-7-16)20(28)24-21(32)26-25-18(27)12-31-19-13(2)10-15(22)11-17(19)23/h4-7,10-11H,3,8-9,12H2,1-2H3,(H,25,27)(H2,24,26,28,32). The second kappa shape index (κ2) is 13.4. The Kier molecular flexibility index (Phi) is 10.9. The average molecular weight is 589 g/mol. The lowest BCUT2D eigenvalue weighted by Gasteiger charge is -2.13. The molecule has 0 bridgehead atoms. The lowest BCUT2D eigenvalue weighted by Crippen LogP contribution is -2.49. The maximum atomic E-state index is 12.3. The van der Waals surface area contributed by atoms with Gasteiger partial charge in [0, 0.05) is 16.6 Å². The molecule has 0 aliphatic heterocycles. The summed E-state index contributed by atoms with van der Waals surface area (Å²) in [5, 5.41) is 2.43. The smallest absolute Gasteiger partial charge is 0.276 e. The second-order valence-corrected chi connectivity index (χ2v) is 8.53. The third-order valence-corrected chi connectivity index (χ3v) is 5.15. The predicted octanol–water partition coefficient (Wildman–Crippen LogP) is 3.65. The summed E-state index contributed by atoms with van der Waals surface area (Å²) >= 11 is 11.8. The Bertz CT molecular complexity index is 934. The number of rotatable bonds is 9. The Hall–Kier alpha value is -2.21. The van der Waals surface area contributed by atoms with Crippen LogP contribution >= 0.6 is 44.1 Å². The number of hydrogen-bond donors (Lipinski definition) is 3. The van der Waals surface area contributed by atoms with E-state index in [0.717, 1.165) is 14.5 Å². The van der Waals surface area contributed by atoms with E-state index >= 15 is 0 Å². The van der Waals surface area contributed by atoms with Gasteiger partial charge in [0.25, 0.3) is 11.8 Å². The second-order valence-electron chi connectivity index (χ2n) is 6.35. The third-order valence-electron chi connectivity index (χ3n) is 3.90. The van der Waals surface area contributed by atoms with E-state index < -0.39 is 11.8 Å². The van der Waals surface area contributed by atoms with Crippen LogP contribution in [-0.2, 0) is 9.53 Å². The molecule has 2 amide bonds. The summed E-state index contributed by atoms with van der Waals surface area (Å²) in [5.74, 6) is 0.291. The van der Waals surface area contributed by atoms with Gasteiger partial charge in [0.05, 0.1) is 11.1 Å². The number of thiocarbonyl (C=S) groups is 1. The highest BCUT2D eigenvalue weighted by Gasteiger charge is 2.11. The van der Waals surface area contributed by atoms with Crippen LogP contribution in [-0.4, -0.2) is 43.4 Å². The molecule has 2 rings (SSSR count). The summed E-state index contributed by atoms with van der Waals surface area (Å²) in [5.41, 5.74) is 6.09. The molecule has 2 aromatic carbocycles. The molecule has 0 aliphatic rings. The van der Waals surface area contributed by atoms with Crippen LogP contribution in [0.3, 0.4) is 0 Å². The highest BCUT2D eigenvalue weighted by molar-refractivity contribution is 9.11. The molecule has 32 heavy (non-hydrogen) atoms. The van der Waals surface area contributed by atoms with Crippen molar-refractivity contribution in [3.05, 3.63) is 56.5 Å². The van der Waals surface area contributed by atoms with E-state index in [1.807, 2.05) is 26.0 Å². The van der Waals surface area contributed by atoms with Crippen molar-refractivity contribution in [1.29, 1.82) is 0 Å². The number of amides is 2. The van der Waals surface area contributed by atoms with E-state index in [0.29, 0.717) is 36.9 Å². The van der Waals surface area contributed by atoms with E-state index in [1.165, 1.54) is 0 Å². The zero-order chi connectivity index (χ0) is 23.5. The van der Waals surface area contributed by atoms with E-state index in [2.05, 4.69) is 48.0 Å². The third kappa shape index (κ3) is 8.73. The highest BCUT2D eigenvalue weighted by Crippen LogP contribution is 2.32. The van der Waals surface area contributed by atoms with E-state index in [-0.39, 0.29) is 11.7 Å². The monoisotopic (exact) mass is 587 g/mol. The minimum absolute atomic E-state index is 0.0543. The molecule has 0 radical (unpaired) electrons. The SMILES string of the molecule is CCOCCOc1ccc(C(=O)NC(=S)NNC(=O)COc2c(C)cc(Br)cc2Br)cc1. The van der Waals surface area contributed by atoms with Crippen molar-refractivity contribution in [1.82, 2.24) is 16.2 Å². The molecule has 3 N–H and O–H groups in total. The van der Waals surface area contributed by atoms with Crippen LogP contribution < -0.4 is 25.6 Å². The van der Waals surface area contributed by atoms with Crippen LogP contribution in [0, 0.1) is 6.92 Å². The quantitative estimate of drug-likeness (QED) is 0.234. The lowest BCUT2D eigenvalue weighted by atomic mass is 10.2. The molecule has 172 valence electrons. The number of aryl methyl sites for hydroxylation is 1. The summed E-state index contributed by atoms with van der Waals surface area (Å²) in [6.45, 7) is 5.09. The van der Waals surface area contributed by atoms with Crippen molar-refractivity contribution in [3.63, 3.8) is 0 Å². The van der Waals surface area contributed by atoms with Crippen molar-refractivity contribution < 1.29 is 23.8 Å². The molecule has 0 unspecified atom stereocenters. The number of nitrogens with one attached hydrogen (secondary N) is 3. The largest absolute Gasteiger partial charge is 0.491 e. The molecule has 0 saturated heterocycles. The van der Waals surface area contributed by atoms with Crippen LogP contribution in [0.4, 0.5) is 0 Å². The first-order chi connectivity index (χ1) is 15.3. The van der Waals surface area contributed by atoms with Crippen LogP contribution in [0.25, 0.3) is 0 Å². The summed E-state index contributed by atoms with van der Waals surface area (Å²) < 4.78 is 17.9. The van der Waals surface area contributed by atoms with Gasteiger partial charge in [-0.15, -0.1) is 0 Å². The van der Waals surface area contributed by atoms with Crippen molar-refractivity contribution in [2.24, 2.45) is 0 Å². The van der Waals surface area contributed by atoms with E-state index in [9.17, 15) is 9.59 Å². The molecule has 0 aromatic heterocycles. The Morgan fingerprint density at radius 2 is 1.75 bits per heavy atom. The van der Waals surface area contributed by atoms with Gasteiger partial charge in [-0.05, 0) is 84.0 Å². The maximum absolute atomic E-state index is 12.3. The topological polar surface area (TPSA) is 97.9 Å². The molecule has 2 aromatic rings. The molecular formula is C21H23Br2N3O5S. The van der Waals surface area contributed by atoms with Crippen molar-refractivity contribution >= 4 is 61.0 Å². The number of hydrogen-bond acceptors (Lipinski definition) is 6. The van der Waals surface area contributed by atoms with Gasteiger partial charge < -0.3 is 14.2 Å². The number of benzene rings is 2. The normalized spacial score (nSPS) is 10.2. The Morgan fingerprint density at radius 1 is 1.03 bits per heavy atom. The number of halogens is 2. The summed E-state index contributed by atoms with van der Waals surface area (Å²) in [6.07, 6.45) is 0. The number of hydrazine groups is 1. The summed E-state index contributed by atoms with van der Waals surface area (Å²) in [4.78, 5) is 24.3. The minimum Gasteiger partial charge on any atom is -0.491 e. The van der Waals surface area contributed by atoms with Gasteiger partial charge in [0.1, 0.15) is 18.1 Å². The minimum atomic E-state index is -0.468. The molecular weight excluding hydrogens is 566 g/mol. The highest BCUT2D eigenvalue weighted by atomic mass is 79.9. The summed E-state index contributed by atoms with van der Waals surface area (Å²) in [7, 11) is 0. The molecule has 11 heteroatoms. The Labute approximate surface area is 208 Å². The zero-order valence-corrected chi connectivity index (χ0v) is 21.5. The Balaban J connectivity index is 1.74. The van der Waals surface area contributed by atoms with Crippen LogP contribution in [0.5, 0.6) is 11.5 Å². The van der Waals surface area contributed by atoms with Crippen molar-refractivity contribution in [2.75, 3.05) is 26.4 Å². The average Bonchev–Trinajstić information content (AvgIpc) is 2.75. The molecule has 0 heterocycles. The molecule has 0 spiro atoms. The van der Waals surface area contributed by atoms with Gasteiger partial charge in [-0.3, -0.25) is 25.8 Å². The first-order valence-corrected chi connectivity index (χ1v) is 11.6. The molecule has 0 saturated carbocycles. The molecule has 0 fully saturated rings. The first kappa shape index (κ1) is 26.0. The van der Waals surface area contributed by atoms with Gasteiger partial charge >= 0.3 is 0 Å². The van der Waals surface area contributed by atoms with Crippen LogP contribution in [0.2, 0.25) is 0 Å². The fraction of sp³-hybridized carbons (Fsp3) is 0.286. The zero-order valence-electron chi connectivity index (χ0n) is 17.5. The van der Waals surface area contributed by atoms with Crippen molar-refractivity contribution in [3.8, 4) is 11.5 Å². The lowest BCUT2D eigenvalue weighted by molar-refractivity contribution is -0.123. The van der Waals surface area contributed by atoms with Gasteiger partial charge in [0.15, 0.2) is 11.7 Å². The van der Waals surface area contributed by atoms with Gasteiger partial charge in [-0.25, -0.2) is 0 Å². The molecule has 0 aliphatic carbocycles. The molecule has 8 nitrogen and oxygen atoms in total. The number of carbonyl (C=O) groups is 2. The number of ether oxygens (including phenoxy) is 3. The van der Waals surface area contributed by atoms with Crippen LogP contribution in [0.15, 0.2) is 45.3 Å². The predicted molar refractivity (Wildman–Crippen MR) is 132 cm³/mol. The van der Waals surface area contributed by atoms with Crippen molar-refractivity contribution in [2.45, 2.75) is 13.8 Å². The van der Waals surface area contributed by atoms with Crippen LogP contribution in [0.1, 0.15) is 22.8 Å². The van der Waals surface area contributed by atoms with Gasteiger partial charge in [-0.2, -0.15) is 0 Å². The maximum Gasteiger partial charge on any atom is 0.276 e. The number of carbonyl (C=O) groups excluding carboxylic acids is 2. The fourth-order valence-corrected chi connectivity index (χ4v) is 4.14.